The van der Waals surface area contributed by atoms with Crippen molar-refractivity contribution in [2.45, 2.75) is 6.18 Å². The van der Waals surface area contributed by atoms with E-state index in [1.165, 1.54) is 24.3 Å². The summed E-state index contributed by atoms with van der Waals surface area (Å²) in [6, 6.07) is 7.13. The predicted octanol–water partition coefficient (Wildman–Crippen LogP) is 3.45. The largest absolute Gasteiger partial charge is 0.480 e. The van der Waals surface area contributed by atoms with Gasteiger partial charge in [-0.25, -0.2) is 4.98 Å². The fraction of sp³-hybridized carbons (Fsp3) is 0.167. The van der Waals surface area contributed by atoms with Gasteiger partial charge in [-0.1, -0.05) is 23.7 Å². The first-order valence-corrected chi connectivity index (χ1v) is 5.98. The molecule has 0 spiro atoms. The average Bonchev–Trinajstić information content (AvgIpc) is 2.35. The summed E-state index contributed by atoms with van der Waals surface area (Å²) in [5, 5.41) is 0.0474. The van der Waals surface area contributed by atoms with Crippen LogP contribution in [0, 0.1) is 0 Å². The van der Waals surface area contributed by atoms with Gasteiger partial charge in [0.15, 0.2) is 18.1 Å². The Morgan fingerprint density at radius 1 is 1.14 bits per heavy atom. The SMILES string of the molecule is Nc1nc(Cl)cc(Oc2ccccc2OCC(F)(F)F)n1. The van der Waals surface area contributed by atoms with E-state index in [-0.39, 0.29) is 28.5 Å². The van der Waals surface area contributed by atoms with Gasteiger partial charge in [-0.15, -0.1) is 0 Å². The molecule has 0 aliphatic heterocycles. The van der Waals surface area contributed by atoms with E-state index in [0.29, 0.717) is 0 Å². The summed E-state index contributed by atoms with van der Waals surface area (Å²) in [4.78, 5) is 7.40. The predicted molar refractivity (Wildman–Crippen MR) is 69.5 cm³/mol. The Kier molecular flexibility index (Phi) is 4.37. The van der Waals surface area contributed by atoms with Crippen LogP contribution in [0.5, 0.6) is 17.4 Å². The third kappa shape index (κ3) is 4.67. The maximum absolute atomic E-state index is 12.2. The van der Waals surface area contributed by atoms with Gasteiger partial charge < -0.3 is 15.2 Å². The number of alkyl halides is 3. The van der Waals surface area contributed by atoms with Crippen molar-refractivity contribution in [3.63, 3.8) is 0 Å². The standard InChI is InChI=1S/C12H9ClF3N3O2/c13-9-5-10(19-11(17)18-9)21-8-4-2-1-3-7(8)20-6-12(14,15)16/h1-5H,6H2,(H2,17,18,19). The molecule has 0 fully saturated rings. The summed E-state index contributed by atoms with van der Waals surface area (Å²) >= 11 is 5.69. The van der Waals surface area contributed by atoms with Crippen molar-refractivity contribution in [3.05, 3.63) is 35.5 Å². The van der Waals surface area contributed by atoms with Gasteiger partial charge in [-0.3, -0.25) is 0 Å². The molecular weight excluding hydrogens is 311 g/mol. The molecule has 0 saturated heterocycles. The van der Waals surface area contributed by atoms with Gasteiger partial charge in [0.2, 0.25) is 11.8 Å². The molecule has 0 atom stereocenters. The van der Waals surface area contributed by atoms with E-state index in [1.807, 2.05) is 0 Å². The number of anilines is 1. The molecule has 2 rings (SSSR count). The lowest BCUT2D eigenvalue weighted by Gasteiger charge is -2.13. The Morgan fingerprint density at radius 3 is 2.43 bits per heavy atom. The van der Waals surface area contributed by atoms with Crippen LogP contribution in [0.15, 0.2) is 30.3 Å². The molecule has 9 heteroatoms. The summed E-state index contributed by atoms with van der Waals surface area (Å²) in [6.07, 6.45) is -4.45. The van der Waals surface area contributed by atoms with E-state index in [1.54, 1.807) is 6.07 Å². The molecule has 0 aliphatic rings. The highest BCUT2D eigenvalue weighted by Gasteiger charge is 2.29. The lowest BCUT2D eigenvalue weighted by Crippen LogP contribution is -2.19. The molecular formula is C12H9ClF3N3O2. The van der Waals surface area contributed by atoms with Gasteiger partial charge >= 0.3 is 6.18 Å². The highest BCUT2D eigenvalue weighted by Crippen LogP contribution is 2.32. The molecule has 112 valence electrons. The number of ether oxygens (including phenoxy) is 2. The minimum absolute atomic E-state index is 0.00411. The molecule has 0 unspecified atom stereocenters. The molecule has 2 aromatic rings. The second kappa shape index (κ2) is 6.04. The summed E-state index contributed by atoms with van der Waals surface area (Å²) in [6.45, 7) is -1.43. The van der Waals surface area contributed by atoms with E-state index < -0.39 is 12.8 Å². The third-order valence-electron chi connectivity index (χ3n) is 2.14. The molecule has 21 heavy (non-hydrogen) atoms. The second-order valence-corrected chi connectivity index (χ2v) is 4.23. The maximum Gasteiger partial charge on any atom is 0.422 e. The Labute approximate surface area is 122 Å². The quantitative estimate of drug-likeness (QED) is 0.874. The van der Waals surface area contributed by atoms with Crippen molar-refractivity contribution in [2.75, 3.05) is 12.3 Å². The number of aromatic nitrogens is 2. The Balaban J connectivity index is 2.20. The smallest absolute Gasteiger partial charge is 0.422 e. The van der Waals surface area contributed by atoms with Crippen LogP contribution in [0.3, 0.4) is 0 Å². The van der Waals surface area contributed by atoms with Crippen molar-refractivity contribution < 1.29 is 22.6 Å². The lowest BCUT2D eigenvalue weighted by molar-refractivity contribution is -0.153. The minimum atomic E-state index is -4.45. The molecule has 0 radical (unpaired) electrons. The number of rotatable bonds is 4. The van der Waals surface area contributed by atoms with Gasteiger partial charge in [0.25, 0.3) is 0 Å². The molecule has 0 amide bonds. The van der Waals surface area contributed by atoms with E-state index >= 15 is 0 Å². The molecule has 1 heterocycles. The average molecular weight is 320 g/mol. The minimum Gasteiger partial charge on any atom is -0.480 e. The Morgan fingerprint density at radius 2 is 1.81 bits per heavy atom. The fourth-order valence-corrected chi connectivity index (χ4v) is 1.57. The zero-order valence-electron chi connectivity index (χ0n) is 10.4. The van der Waals surface area contributed by atoms with E-state index in [9.17, 15) is 13.2 Å². The highest BCUT2D eigenvalue weighted by atomic mass is 35.5. The van der Waals surface area contributed by atoms with Crippen LogP contribution in [0.1, 0.15) is 0 Å². The first kappa shape index (κ1) is 15.2. The number of para-hydroxylation sites is 2. The summed E-state index contributed by atoms with van der Waals surface area (Å²) < 4.78 is 46.6. The second-order valence-electron chi connectivity index (χ2n) is 3.84. The van der Waals surface area contributed by atoms with Gasteiger partial charge in [0.05, 0.1) is 0 Å². The molecule has 0 saturated carbocycles. The molecule has 0 bridgehead atoms. The van der Waals surface area contributed by atoms with Crippen molar-refractivity contribution in [2.24, 2.45) is 0 Å². The van der Waals surface area contributed by atoms with Crippen LogP contribution in [-0.2, 0) is 0 Å². The molecule has 1 aromatic heterocycles. The first-order chi connectivity index (χ1) is 9.83. The van der Waals surface area contributed by atoms with Crippen LogP contribution >= 0.6 is 11.6 Å². The lowest BCUT2D eigenvalue weighted by atomic mass is 10.3. The number of halogens is 4. The van der Waals surface area contributed by atoms with Gasteiger partial charge in [0, 0.05) is 6.07 Å². The van der Waals surface area contributed by atoms with Crippen LogP contribution in [-0.4, -0.2) is 22.8 Å². The van der Waals surface area contributed by atoms with Crippen molar-refractivity contribution in [1.82, 2.24) is 9.97 Å². The van der Waals surface area contributed by atoms with Crippen LogP contribution in [0.4, 0.5) is 19.1 Å². The Hall–Kier alpha value is -2.22. The molecule has 2 N–H and O–H groups in total. The molecule has 1 aromatic carbocycles. The van der Waals surface area contributed by atoms with Gasteiger partial charge in [0.1, 0.15) is 5.15 Å². The van der Waals surface area contributed by atoms with Gasteiger partial charge in [-0.05, 0) is 12.1 Å². The zero-order chi connectivity index (χ0) is 15.5. The zero-order valence-corrected chi connectivity index (χ0v) is 11.1. The molecule has 0 aliphatic carbocycles. The summed E-state index contributed by atoms with van der Waals surface area (Å²) in [5.41, 5.74) is 5.40. The summed E-state index contributed by atoms with van der Waals surface area (Å²) in [5.74, 6) is -0.152. The molecule has 5 nitrogen and oxygen atoms in total. The number of hydrogen-bond donors (Lipinski definition) is 1. The number of nitrogens with zero attached hydrogens (tertiary/aromatic N) is 2. The van der Waals surface area contributed by atoms with Crippen LogP contribution in [0.2, 0.25) is 5.15 Å². The fourth-order valence-electron chi connectivity index (χ4n) is 1.39. The highest BCUT2D eigenvalue weighted by molar-refractivity contribution is 6.29. The first-order valence-electron chi connectivity index (χ1n) is 5.60. The van der Waals surface area contributed by atoms with Gasteiger partial charge in [-0.2, -0.15) is 18.2 Å². The van der Waals surface area contributed by atoms with E-state index in [0.717, 1.165) is 0 Å². The third-order valence-corrected chi connectivity index (χ3v) is 2.34. The monoisotopic (exact) mass is 319 g/mol. The maximum atomic E-state index is 12.2. The number of nitrogen functional groups attached to an aromatic ring is 1. The number of nitrogens with two attached hydrogens (primary N) is 1. The van der Waals surface area contributed by atoms with Crippen molar-refractivity contribution in [1.29, 1.82) is 0 Å². The topological polar surface area (TPSA) is 70.3 Å². The van der Waals surface area contributed by atoms with Crippen LogP contribution < -0.4 is 15.2 Å². The van der Waals surface area contributed by atoms with E-state index in [4.69, 9.17) is 22.1 Å². The van der Waals surface area contributed by atoms with Crippen molar-refractivity contribution >= 4 is 17.5 Å². The number of hydrogen-bond acceptors (Lipinski definition) is 5. The Bertz CT molecular complexity index is 617. The van der Waals surface area contributed by atoms with Crippen molar-refractivity contribution in [3.8, 4) is 17.4 Å². The number of benzene rings is 1. The normalized spacial score (nSPS) is 11.2. The summed E-state index contributed by atoms with van der Waals surface area (Å²) in [7, 11) is 0. The van der Waals surface area contributed by atoms with E-state index in [2.05, 4.69) is 14.7 Å². The van der Waals surface area contributed by atoms with Crippen LogP contribution in [0.25, 0.3) is 0 Å².